The Morgan fingerprint density at radius 1 is 1.05 bits per heavy atom. The molecule has 1 unspecified atom stereocenters. The molecule has 0 aliphatic carbocycles. The Morgan fingerprint density at radius 3 is 2.55 bits per heavy atom. The lowest BCUT2D eigenvalue weighted by atomic mass is 9.87. The Balaban J connectivity index is 1.33. The van der Waals surface area contributed by atoms with Crippen LogP contribution in [0.3, 0.4) is 0 Å². The number of halogens is 2. The van der Waals surface area contributed by atoms with E-state index < -0.39 is 23.7 Å². The number of carboxylic acids is 1. The topological polar surface area (TPSA) is 127 Å². The maximum atomic E-state index is 14.7. The van der Waals surface area contributed by atoms with Crippen LogP contribution in [0.5, 0.6) is 5.75 Å². The summed E-state index contributed by atoms with van der Waals surface area (Å²) in [5.74, 6) is -1.85. The Hall–Kier alpha value is -4.61. The van der Waals surface area contributed by atoms with Crippen LogP contribution in [-0.4, -0.2) is 68.4 Å². The Kier molecular flexibility index (Phi) is 8.40. The number of nitrogens with zero attached hydrogens (tertiary/aromatic N) is 4. The monoisotopic (exact) mass is 617 g/mol. The number of carbonyl (C=O) groups is 3. The molecule has 0 spiro atoms. The number of hydrogen-bond acceptors (Lipinski definition) is 7. The minimum Gasteiger partial charge on any atom is -0.490 e. The van der Waals surface area contributed by atoms with Gasteiger partial charge in [-0.15, -0.1) is 5.10 Å². The first-order valence-corrected chi connectivity index (χ1v) is 14.7. The summed E-state index contributed by atoms with van der Waals surface area (Å²) in [5, 5.41) is 20.4. The average molecular weight is 618 g/mol. The smallest absolute Gasteiger partial charge is 0.335 e. The van der Waals surface area contributed by atoms with Gasteiger partial charge in [0.1, 0.15) is 23.6 Å². The quantitative estimate of drug-likeness (QED) is 0.297. The van der Waals surface area contributed by atoms with Crippen LogP contribution in [0.4, 0.5) is 4.39 Å². The molecule has 0 saturated carbocycles. The summed E-state index contributed by atoms with van der Waals surface area (Å²) in [6, 6.07) is 15.1. The van der Waals surface area contributed by atoms with E-state index in [-0.39, 0.29) is 46.8 Å². The summed E-state index contributed by atoms with van der Waals surface area (Å²) < 4.78 is 22.2. The maximum Gasteiger partial charge on any atom is 0.335 e. The van der Waals surface area contributed by atoms with Gasteiger partial charge in [0.15, 0.2) is 17.3 Å². The predicted molar refractivity (Wildman–Crippen MR) is 159 cm³/mol. The van der Waals surface area contributed by atoms with Crippen molar-refractivity contribution in [1.82, 2.24) is 25.2 Å². The molecule has 4 aromatic rings. The summed E-state index contributed by atoms with van der Waals surface area (Å²) in [7, 11) is 0. The van der Waals surface area contributed by atoms with Crippen LogP contribution in [0.2, 0.25) is 5.02 Å². The number of Topliss-reactive ketones (excluding diaryl/α,β-unsaturated/α-hetero) is 1. The third-order valence-electron chi connectivity index (χ3n) is 7.99. The number of amides is 1. The molecule has 1 amide bonds. The first-order valence-electron chi connectivity index (χ1n) is 14.3. The van der Waals surface area contributed by atoms with E-state index in [9.17, 15) is 23.9 Å². The van der Waals surface area contributed by atoms with E-state index in [0.717, 1.165) is 36.2 Å². The van der Waals surface area contributed by atoms with Gasteiger partial charge >= 0.3 is 5.97 Å². The van der Waals surface area contributed by atoms with E-state index >= 15 is 0 Å². The van der Waals surface area contributed by atoms with Crippen LogP contribution in [0.25, 0.3) is 5.69 Å². The number of aromatic carboxylic acids is 1. The van der Waals surface area contributed by atoms with Crippen LogP contribution >= 0.6 is 11.6 Å². The molecule has 2 aliphatic rings. The molecule has 0 bridgehead atoms. The van der Waals surface area contributed by atoms with E-state index in [2.05, 4.69) is 15.6 Å². The highest BCUT2D eigenvalue weighted by molar-refractivity contribution is 6.30. The minimum absolute atomic E-state index is 0.0326. The number of aromatic nitrogens is 3. The van der Waals surface area contributed by atoms with E-state index in [0.29, 0.717) is 23.3 Å². The summed E-state index contributed by atoms with van der Waals surface area (Å²) in [6.45, 7) is 1.94. The van der Waals surface area contributed by atoms with Crippen molar-refractivity contribution in [2.75, 3.05) is 19.6 Å². The molecule has 2 aliphatic heterocycles. The fraction of sp³-hybridized carbons (Fsp3) is 0.281. The molecule has 0 radical (unpaired) electrons. The summed E-state index contributed by atoms with van der Waals surface area (Å²) in [6.07, 6.45) is 3.52. The molecule has 1 aromatic heterocycles. The molecule has 2 N–H and O–H groups in total. The standard InChI is InChI=1S/C32H29ClFN5O5/c33-24-4-2-5-26(29(24)34)39-18-25(36-37-39)31(41)38-16-13-22-23(3-1-6-28(22)44-21-11-14-35-15-12-21)30(38)27(40)17-19-7-9-20(10-8-19)32(42)43/h1-10,18,21,30,35H,11-17H2,(H,42,43). The first-order chi connectivity index (χ1) is 21.3. The van der Waals surface area contributed by atoms with Gasteiger partial charge in [-0.05, 0) is 73.8 Å². The fourth-order valence-electron chi connectivity index (χ4n) is 5.76. The molecule has 3 aromatic carbocycles. The zero-order valence-corrected chi connectivity index (χ0v) is 24.3. The van der Waals surface area contributed by atoms with Gasteiger partial charge in [0, 0.05) is 18.5 Å². The van der Waals surface area contributed by atoms with Crippen LogP contribution in [0.15, 0.2) is 66.9 Å². The Morgan fingerprint density at radius 2 is 1.80 bits per heavy atom. The van der Waals surface area contributed by atoms with Crippen LogP contribution in [0.1, 0.15) is 56.4 Å². The second-order valence-corrected chi connectivity index (χ2v) is 11.2. The molecular weight excluding hydrogens is 589 g/mol. The fourth-order valence-corrected chi connectivity index (χ4v) is 5.93. The molecule has 44 heavy (non-hydrogen) atoms. The highest BCUT2D eigenvalue weighted by Crippen LogP contribution is 2.38. The van der Waals surface area contributed by atoms with E-state index in [1.54, 1.807) is 18.2 Å². The summed E-state index contributed by atoms with van der Waals surface area (Å²) in [4.78, 5) is 40.7. The summed E-state index contributed by atoms with van der Waals surface area (Å²) in [5.41, 5.74) is 2.24. The number of fused-ring (bicyclic) bond motifs is 1. The molecule has 12 heteroatoms. The molecule has 1 saturated heterocycles. The van der Waals surface area contributed by atoms with E-state index in [4.69, 9.17) is 16.3 Å². The number of hydrogen-bond donors (Lipinski definition) is 2. The van der Waals surface area contributed by atoms with Gasteiger partial charge in [-0.3, -0.25) is 9.59 Å². The molecule has 10 nitrogen and oxygen atoms in total. The van der Waals surface area contributed by atoms with Gasteiger partial charge in [0.2, 0.25) is 0 Å². The predicted octanol–water partition coefficient (Wildman–Crippen LogP) is 4.44. The SMILES string of the molecule is O=C(O)c1ccc(CC(=O)C2c3cccc(OC4CCNCC4)c3CCN2C(=O)c2cn(-c3cccc(Cl)c3F)nn2)cc1. The third kappa shape index (κ3) is 5.93. The van der Waals surface area contributed by atoms with Crippen molar-refractivity contribution in [3.05, 3.63) is 106 Å². The van der Waals surface area contributed by atoms with Gasteiger partial charge in [0.05, 0.1) is 16.8 Å². The van der Waals surface area contributed by atoms with Crippen molar-refractivity contribution in [2.45, 2.75) is 37.8 Å². The minimum atomic E-state index is -1.06. The number of rotatable bonds is 8. The number of ether oxygens (including phenoxy) is 1. The molecule has 1 atom stereocenters. The van der Waals surface area contributed by atoms with Crippen LogP contribution < -0.4 is 10.1 Å². The molecule has 6 rings (SSSR count). The van der Waals surface area contributed by atoms with Gasteiger partial charge in [0.25, 0.3) is 5.91 Å². The van der Waals surface area contributed by atoms with Crippen molar-refractivity contribution in [1.29, 1.82) is 0 Å². The van der Waals surface area contributed by atoms with Crippen LogP contribution in [-0.2, 0) is 17.6 Å². The van der Waals surface area contributed by atoms with Gasteiger partial charge in [-0.1, -0.05) is 47.1 Å². The van der Waals surface area contributed by atoms with Crippen molar-refractivity contribution < 1.29 is 28.6 Å². The molecule has 226 valence electrons. The number of piperidine rings is 1. The summed E-state index contributed by atoms with van der Waals surface area (Å²) >= 11 is 5.93. The van der Waals surface area contributed by atoms with Gasteiger partial charge in [-0.2, -0.15) is 0 Å². The number of carboxylic acid groups (broad SMARTS) is 1. The molecular formula is C32H29ClFN5O5. The number of benzene rings is 3. The van der Waals surface area contributed by atoms with Crippen molar-refractivity contribution in [3.63, 3.8) is 0 Å². The number of carbonyl (C=O) groups excluding carboxylic acids is 2. The second kappa shape index (κ2) is 12.6. The largest absolute Gasteiger partial charge is 0.490 e. The lowest BCUT2D eigenvalue weighted by molar-refractivity contribution is -0.123. The lowest BCUT2D eigenvalue weighted by Gasteiger charge is -2.37. The maximum absolute atomic E-state index is 14.7. The first kappa shape index (κ1) is 29.5. The number of ketones is 1. The Labute approximate surface area is 257 Å². The highest BCUT2D eigenvalue weighted by Gasteiger charge is 2.38. The van der Waals surface area contributed by atoms with Gasteiger partial charge in [-0.25, -0.2) is 13.9 Å². The Bertz CT molecular complexity index is 1720. The van der Waals surface area contributed by atoms with Gasteiger partial charge < -0.3 is 20.1 Å². The van der Waals surface area contributed by atoms with E-state index in [1.165, 1.54) is 35.4 Å². The van der Waals surface area contributed by atoms with Crippen molar-refractivity contribution in [3.8, 4) is 11.4 Å². The third-order valence-corrected chi connectivity index (χ3v) is 8.29. The second-order valence-electron chi connectivity index (χ2n) is 10.8. The number of nitrogens with one attached hydrogen (secondary N) is 1. The molecule has 3 heterocycles. The average Bonchev–Trinajstić information content (AvgIpc) is 3.52. The van der Waals surface area contributed by atoms with Crippen molar-refractivity contribution in [2.24, 2.45) is 0 Å². The zero-order valence-electron chi connectivity index (χ0n) is 23.6. The normalized spacial score (nSPS) is 16.8. The van der Waals surface area contributed by atoms with Crippen LogP contribution in [0, 0.1) is 5.82 Å². The molecule has 1 fully saturated rings. The van der Waals surface area contributed by atoms with E-state index in [1.807, 2.05) is 18.2 Å². The lowest BCUT2D eigenvalue weighted by Crippen LogP contribution is -2.44. The highest BCUT2D eigenvalue weighted by atomic mass is 35.5. The zero-order chi connectivity index (χ0) is 30.8. The van der Waals surface area contributed by atoms with Crippen molar-refractivity contribution >= 4 is 29.3 Å².